The Morgan fingerprint density at radius 2 is 2.24 bits per heavy atom. The zero-order valence-electron chi connectivity index (χ0n) is 11.7. The molecule has 0 aromatic carbocycles. The van der Waals surface area contributed by atoms with Gasteiger partial charge in [-0.15, -0.1) is 0 Å². The quantitative estimate of drug-likeness (QED) is 0.668. The van der Waals surface area contributed by atoms with Crippen molar-refractivity contribution in [2.45, 2.75) is 36.6 Å². The molecule has 2 aromatic heterocycles. The summed E-state index contributed by atoms with van der Waals surface area (Å²) in [6.45, 7) is 0.299. The lowest BCUT2D eigenvalue weighted by Gasteiger charge is -2.13. The van der Waals surface area contributed by atoms with Gasteiger partial charge in [0.2, 0.25) is 0 Å². The summed E-state index contributed by atoms with van der Waals surface area (Å²) in [6.07, 6.45) is 4.67. The molecule has 0 atom stereocenters. The summed E-state index contributed by atoms with van der Waals surface area (Å²) < 4.78 is 1.62. The zero-order valence-corrected chi connectivity index (χ0v) is 12.5. The van der Waals surface area contributed by atoms with Gasteiger partial charge in [0, 0.05) is 23.2 Å². The highest BCUT2D eigenvalue weighted by molar-refractivity contribution is 7.98. The van der Waals surface area contributed by atoms with E-state index in [1.165, 1.54) is 5.56 Å². The molecule has 21 heavy (non-hydrogen) atoms. The van der Waals surface area contributed by atoms with Crippen LogP contribution >= 0.6 is 11.8 Å². The smallest absolute Gasteiger partial charge is 0.348 e. The molecule has 0 radical (unpaired) electrons. The van der Waals surface area contributed by atoms with Gasteiger partial charge < -0.3 is 5.11 Å². The third kappa shape index (κ3) is 3.01. The molecule has 0 aliphatic heterocycles. The monoisotopic (exact) mass is 303 g/mol. The van der Waals surface area contributed by atoms with E-state index in [9.17, 15) is 4.79 Å². The molecule has 0 saturated carbocycles. The Labute approximate surface area is 127 Å². The Morgan fingerprint density at radius 3 is 3.00 bits per heavy atom. The molecule has 110 valence electrons. The predicted molar refractivity (Wildman–Crippen MR) is 81.4 cm³/mol. The first-order chi connectivity index (χ1) is 10.3. The molecule has 0 spiro atoms. The van der Waals surface area contributed by atoms with Crippen LogP contribution in [0.4, 0.5) is 0 Å². The fourth-order valence-electron chi connectivity index (χ4n) is 2.66. The Hall–Kier alpha value is -1.66. The van der Waals surface area contributed by atoms with Crippen molar-refractivity contribution in [1.82, 2.24) is 14.5 Å². The van der Waals surface area contributed by atoms with Gasteiger partial charge in [0.05, 0.1) is 18.8 Å². The first kappa shape index (κ1) is 14.3. The molecule has 6 heteroatoms. The first-order valence-corrected chi connectivity index (χ1v) is 8.04. The van der Waals surface area contributed by atoms with Gasteiger partial charge in [-0.05, 0) is 31.4 Å². The highest BCUT2D eigenvalue weighted by Gasteiger charge is 2.21. The van der Waals surface area contributed by atoms with Crippen LogP contribution in [-0.4, -0.2) is 26.2 Å². The maximum Gasteiger partial charge on any atom is 0.348 e. The van der Waals surface area contributed by atoms with E-state index in [0.29, 0.717) is 12.3 Å². The van der Waals surface area contributed by atoms with Crippen LogP contribution in [0.2, 0.25) is 0 Å². The third-order valence-corrected chi connectivity index (χ3v) is 4.66. The highest BCUT2D eigenvalue weighted by atomic mass is 32.2. The SMILES string of the molecule is O=c1nc(SCc2ccccn2)c2c(n1CCO)CCC2. The van der Waals surface area contributed by atoms with Crippen molar-refractivity contribution in [1.29, 1.82) is 0 Å². The second-order valence-corrected chi connectivity index (χ2v) is 5.93. The van der Waals surface area contributed by atoms with Gasteiger partial charge in [-0.1, -0.05) is 17.8 Å². The van der Waals surface area contributed by atoms with Crippen molar-refractivity contribution in [2.24, 2.45) is 0 Å². The minimum absolute atomic E-state index is 0.0333. The first-order valence-electron chi connectivity index (χ1n) is 7.05. The number of aromatic nitrogens is 3. The van der Waals surface area contributed by atoms with Crippen LogP contribution in [0.5, 0.6) is 0 Å². The van der Waals surface area contributed by atoms with Gasteiger partial charge in [0.15, 0.2) is 0 Å². The molecule has 1 N–H and O–H groups in total. The van der Waals surface area contributed by atoms with E-state index in [1.54, 1.807) is 22.5 Å². The molecule has 2 aromatic rings. The van der Waals surface area contributed by atoms with Crippen molar-refractivity contribution in [3.63, 3.8) is 0 Å². The van der Waals surface area contributed by atoms with Crippen LogP contribution in [0.1, 0.15) is 23.4 Å². The van der Waals surface area contributed by atoms with E-state index in [4.69, 9.17) is 5.11 Å². The molecule has 3 rings (SSSR count). The van der Waals surface area contributed by atoms with Crippen LogP contribution < -0.4 is 5.69 Å². The number of rotatable bonds is 5. The van der Waals surface area contributed by atoms with Gasteiger partial charge >= 0.3 is 5.69 Å². The average Bonchev–Trinajstić information content (AvgIpc) is 2.99. The highest BCUT2D eigenvalue weighted by Crippen LogP contribution is 2.30. The molecule has 0 saturated heterocycles. The molecule has 5 nitrogen and oxygen atoms in total. The van der Waals surface area contributed by atoms with E-state index in [-0.39, 0.29) is 12.3 Å². The van der Waals surface area contributed by atoms with Crippen LogP contribution in [-0.2, 0) is 25.1 Å². The number of hydrogen-bond donors (Lipinski definition) is 1. The van der Waals surface area contributed by atoms with Gasteiger partial charge in [-0.3, -0.25) is 9.55 Å². The average molecular weight is 303 g/mol. The van der Waals surface area contributed by atoms with Crippen LogP contribution in [0.3, 0.4) is 0 Å². The zero-order chi connectivity index (χ0) is 14.7. The lowest BCUT2D eigenvalue weighted by molar-refractivity contribution is 0.271. The fraction of sp³-hybridized carbons (Fsp3) is 0.400. The minimum atomic E-state index is -0.256. The number of pyridine rings is 1. The molecule has 0 amide bonds. The minimum Gasteiger partial charge on any atom is -0.395 e. The standard InChI is InChI=1S/C15H17N3O2S/c19-9-8-18-13-6-3-5-12(13)14(17-15(18)20)21-10-11-4-1-2-7-16-11/h1-2,4,7,19H,3,5-6,8-10H2. The van der Waals surface area contributed by atoms with Crippen LogP contribution in [0.25, 0.3) is 0 Å². The molecule has 0 fully saturated rings. The van der Waals surface area contributed by atoms with Gasteiger partial charge in [0.1, 0.15) is 5.03 Å². The van der Waals surface area contributed by atoms with Crippen molar-refractivity contribution in [3.8, 4) is 0 Å². The topological polar surface area (TPSA) is 68.0 Å². The lowest BCUT2D eigenvalue weighted by atomic mass is 10.2. The molecule has 1 aliphatic rings. The summed E-state index contributed by atoms with van der Waals surface area (Å²) in [5.74, 6) is 0.712. The Kier molecular flexibility index (Phi) is 4.36. The van der Waals surface area contributed by atoms with Gasteiger partial charge in [-0.25, -0.2) is 4.79 Å². The number of nitrogens with zero attached hydrogens (tertiary/aromatic N) is 3. The molecule has 0 unspecified atom stereocenters. The number of fused-ring (bicyclic) bond motifs is 1. The Morgan fingerprint density at radius 1 is 1.33 bits per heavy atom. The maximum atomic E-state index is 12.1. The number of hydrogen-bond acceptors (Lipinski definition) is 5. The normalized spacial score (nSPS) is 13.4. The second kappa shape index (κ2) is 6.41. The van der Waals surface area contributed by atoms with Gasteiger partial charge in [-0.2, -0.15) is 4.98 Å². The molecule has 2 heterocycles. The van der Waals surface area contributed by atoms with E-state index < -0.39 is 0 Å². The lowest BCUT2D eigenvalue weighted by Crippen LogP contribution is -2.28. The van der Waals surface area contributed by atoms with Gasteiger partial charge in [0.25, 0.3) is 0 Å². The van der Waals surface area contributed by atoms with E-state index in [2.05, 4.69) is 9.97 Å². The van der Waals surface area contributed by atoms with Crippen molar-refractivity contribution >= 4 is 11.8 Å². The van der Waals surface area contributed by atoms with Crippen molar-refractivity contribution < 1.29 is 5.11 Å². The molecule has 1 aliphatic carbocycles. The summed E-state index contributed by atoms with van der Waals surface area (Å²) in [6, 6.07) is 5.82. The van der Waals surface area contributed by atoms with Crippen LogP contribution in [0.15, 0.2) is 34.2 Å². The van der Waals surface area contributed by atoms with E-state index in [1.807, 2.05) is 18.2 Å². The van der Waals surface area contributed by atoms with Crippen LogP contribution in [0, 0.1) is 0 Å². The molecular formula is C15H17N3O2S. The summed E-state index contributed by atoms with van der Waals surface area (Å²) in [5, 5.41) is 9.92. The maximum absolute atomic E-state index is 12.1. The van der Waals surface area contributed by atoms with E-state index in [0.717, 1.165) is 35.7 Å². The fourth-order valence-corrected chi connectivity index (χ4v) is 3.65. The van der Waals surface area contributed by atoms with Crippen molar-refractivity contribution in [3.05, 3.63) is 51.8 Å². The second-order valence-electron chi connectivity index (χ2n) is 4.96. The Balaban J connectivity index is 1.88. The predicted octanol–water partition coefficient (Wildman–Crippen LogP) is 1.41. The van der Waals surface area contributed by atoms with E-state index >= 15 is 0 Å². The van der Waals surface area contributed by atoms with Crippen molar-refractivity contribution in [2.75, 3.05) is 6.61 Å². The summed E-state index contributed by atoms with van der Waals surface area (Å²) in [4.78, 5) is 20.6. The molecular weight excluding hydrogens is 286 g/mol. The summed E-state index contributed by atoms with van der Waals surface area (Å²) >= 11 is 1.57. The Bertz CT molecular complexity index is 685. The third-order valence-electron chi connectivity index (χ3n) is 3.61. The molecule has 0 bridgehead atoms. The largest absolute Gasteiger partial charge is 0.395 e. The summed E-state index contributed by atoms with van der Waals surface area (Å²) in [5.41, 5.74) is 2.94. The number of aliphatic hydroxyl groups excluding tert-OH is 1. The number of aliphatic hydroxyl groups is 1. The number of thioether (sulfide) groups is 1. The summed E-state index contributed by atoms with van der Waals surface area (Å²) in [7, 11) is 0.